The molecule has 3 N–H and O–H groups in total. The highest BCUT2D eigenvalue weighted by Gasteiger charge is 2.17. The third-order valence-electron chi connectivity index (χ3n) is 2.62. The van der Waals surface area contributed by atoms with Crippen molar-refractivity contribution < 1.29 is 27.4 Å². The summed E-state index contributed by atoms with van der Waals surface area (Å²) >= 11 is 0. The minimum Gasteiger partial charge on any atom is -0.496 e. The molecular formula is C12H18N2O6S. The maximum absolute atomic E-state index is 12.1. The summed E-state index contributed by atoms with van der Waals surface area (Å²) in [6, 6.07) is 2.96. The summed E-state index contributed by atoms with van der Waals surface area (Å²) in [6.45, 7) is -0.102. The Morgan fingerprint density at radius 2 is 1.62 bits per heavy atom. The molecule has 118 valence electrons. The van der Waals surface area contributed by atoms with E-state index in [4.69, 9.17) is 19.3 Å². The summed E-state index contributed by atoms with van der Waals surface area (Å²) in [5.41, 5.74) is 0.199. The molecule has 0 saturated heterocycles. The van der Waals surface area contributed by atoms with Crippen molar-refractivity contribution >= 4 is 15.9 Å². The first-order valence-electron chi connectivity index (χ1n) is 5.91. The number of carbonyl (C=O) groups excluding carboxylic acids is 1. The number of nitrogens with one attached hydrogen (secondary N) is 1. The fourth-order valence-electron chi connectivity index (χ4n) is 1.61. The number of hydrogen-bond acceptors (Lipinski definition) is 6. The highest BCUT2D eigenvalue weighted by Crippen LogP contribution is 2.34. The van der Waals surface area contributed by atoms with E-state index in [9.17, 15) is 13.2 Å². The average Bonchev–Trinajstić information content (AvgIpc) is 2.44. The van der Waals surface area contributed by atoms with Crippen molar-refractivity contribution in [3.63, 3.8) is 0 Å². The van der Waals surface area contributed by atoms with Crippen LogP contribution in [0.3, 0.4) is 0 Å². The monoisotopic (exact) mass is 318 g/mol. The van der Waals surface area contributed by atoms with E-state index in [1.807, 2.05) is 0 Å². The van der Waals surface area contributed by atoms with E-state index in [0.717, 1.165) is 0 Å². The Morgan fingerprint density at radius 3 is 2.10 bits per heavy atom. The lowest BCUT2D eigenvalue weighted by atomic mass is 10.1. The second-order valence-electron chi connectivity index (χ2n) is 4.03. The van der Waals surface area contributed by atoms with Crippen LogP contribution in [0.5, 0.6) is 17.2 Å². The minimum absolute atomic E-state index is 0.102. The molecule has 0 atom stereocenters. The van der Waals surface area contributed by atoms with Gasteiger partial charge in [0.2, 0.25) is 10.0 Å². The van der Waals surface area contributed by atoms with Gasteiger partial charge in [-0.1, -0.05) is 0 Å². The lowest BCUT2D eigenvalue weighted by molar-refractivity contribution is 0.0952. The molecule has 0 saturated carbocycles. The lowest BCUT2D eigenvalue weighted by Gasteiger charge is -2.13. The predicted octanol–water partition coefficient (Wildman–Crippen LogP) is -0.269. The largest absolute Gasteiger partial charge is 0.496 e. The molecule has 21 heavy (non-hydrogen) atoms. The fraction of sp³-hybridized carbons (Fsp3) is 0.417. The van der Waals surface area contributed by atoms with Crippen molar-refractivity contribution in [1.29, 1.82) is 0 Å². The quantitative estimate of drug-likeness (QED) is 0.715. The van der Waals surface area contributed by atoms with Crippen LogP contribution in [0.4, 0.5) is 0 Å². The molecule has 0 unspecified atom stereocenters. The van der Waals surface area contributed by atoms with Gasteiger partial charge in [0, 0.05) is 18.7 Å². The molecule has 1 aromatic rings. The SMILES string of the molecule is COc1cc(OC)c(C(=O)NCCS(N)(=O)=O)cc1OC. The molecule has 0 aliphatic carbocycles. The molecule has 0 aliphatic heterocycles. The van der Waals surface area contributed by atoms with Crippen LogP contribution >= 0.6 is 0 Å². The number of ether oxygens (including phenoxy) is 3. The van der Waals surface area contributed by atoms with Crippen molar-refractivity contribution in [2.24, 2.45) is 5.14 Å². The zero-order chi connectivity index (χ0) is 16.0. The van der Waals surface area contributed by atoms with Gasteiger partial charge >= 0.3 is 0 Å². The molecule has 0 radical (unpaired) electrons. The van der Waals surface area contributed by atoms with Crippen molar-refractivity contribution in [2.45, 2.75) is 0 Å². The van der Waals surface area contributed by atoms with E-state index >= 15 is 0 Å². The zero-order valence-electron chi connectivity index (χ0n) is 12.0. The molecule has 0 bridgehead atoms. The number of rotatable bonds is 7. The molecular weight excluding hydrogens is 300 g/mol. The van der Waals surface area contributed by atoms with Crippen LogP contribution in [0.25, 0.3) is 0 Å². The standard InChI is InChI=1S/C12H18N2O6S/c1-18-9-7-11(20-3)10(19-2)6-8(9)12(15)14-4-5-21(13,16)17/h6-7H,4-5H2,1-3H3,(H,14,15)(H2,13,16,17). The Morgan fingerprint density at radius 1 is 1.10 bits per heavy atom. The summed E-state index contributed by atoms with van der Waals surface area (Å²) in [5.74, 6) is 0.191. The Balaban J connectivity index is 2.97. The summed E-state index contributed by atoms with van der Waals surface area (Å²) in [5, 5.41) is 7.30. The van der Waals surface area contributed by atoms with Crippen LogP contribution < -0.4 is 24.7 Å². The van der Waals surface area contributed by atoms with Crippen molar-refractivity contribution in [1.82, 2.24) is 5.32 Å². The Hall–Kier alpha value is -2.00. The smallest absolute Gasteiger partial charge is 0.255 e. The van der Waals surface area contributed by atoms with Gasteiger partial charge in [-0.05, 0) is 0 Å². The maximum atomic E-state index is 12.1. The summed E-state index contributed by atoms with van der Waals surface area (Å²) in [7, 11) is 0.672. The molecule has 1 rings (SSSR count). The van der Waals surface area contributed by atoms with Crippen LogP contribution in [-0.4, -0.2) is 48.0 Å². The van der Waals surface area contributed by atoms with Gasteiger partial charge in [-0.3, -0.25) is 4.79 Å². The number of sulfonamides is 1. The van der Waals surface area contributed by atoms with Crippen molar-refractivity contribution in [3.05, 3.63) is 17.7 Å². The highest BCUT2D eigenvalue weighted by molar-refractivity contribution is 7.89. The lowest BCUT2D eigenvalue weighted by Crippen LogP contribution is -2.31. The minimum atomic E-state index is -3.63. The van der Waals surface area contributed by atoms with Crippen LogP contribution in [-0.2, 0) is 10.0 Å². The third kappa shape index (κ3) is 4.80. The number of carbonyl (C=O) groups is 1. The number of benzene rings is 1. The summed E-state index contributed by atoms with van der Waals surface area (Å²) < 4.78 is 37.0. The van der Waals surface area contributed by atoms with Gasteiger partial charge in [0.05, 0.1) is 32.6 Å². The second-order valence-corrected chi connectivity index (χ2v) is 5.76. The van der Waals surface area contributed by atoms with E-state index in [0.29, 0.717) is 11.5 Å². The van der Waals surface area contributed by atoms with E-state index in [1.54, 1.807) is 0 Å². The predicted molar refractivity (Wildman–Crippen MR) is 76.4 cm³/mol. The molecule has 0 heterocycles. The Labute approximate surface area is 123 Å². The van der Waals surface area contributed by atoms with E-state index in [2.05, 4.69) is 5.32 Å². The second kappa shape index (κ2) is 7.14. The van der Waals surface area contributed by atoms with E-state index in [-0.39, 0.29) is 23.6 Å². The van der Waals surface area contributed by atoms with Crippen LogP contribution in [0.1, 0.15) is 10.4 Å². The normalized spacial score (nSPS) is 10.9. The van der Waals surface area contributed by atoms with Crippen LogP contribution in [0.15, 0.2) is 12.1 Å². The van der Waals surface area contributed by atoms with Crippen molar-refractivity contribution in [2.75, 3.05) is 33.6 Å². The summed E-state index contributed by atoms with van der Waals surface area (Å²) in [4.78, 5) is 12.1. The van der Waals surface area contributed by atoms with Crippen LogP contribution in [0, 0.1) is 0 Å². The topological polar surface area (TPSA) is 117 Å². The first-order valence-corrected chi connectivity index (χ1v) is 7.62. The number of nitrogens with two attached hydrogens (primary N) is 1. The molecule has 0 aliphatic rings. The van der Waals surface area contributed by atoms with Gasteiger partial charge in [0.25, 0.3) is 5.91 Å². The van der Waals surface area contributed by atoms with Gasteiger partial charge in [0.15, 0.2) is 11.5 Å². The molecule has 0 aromatic heterocycles. The first-order chi connectivity index (χ1) is 9.82. The van der Waals surface area contributed by atoms with Gasteiger partial charge < -0.3 is 19.5 Å². The number of hydrogen-bond donors (Lipinski definition) is 2. The van der Waals surface area contributed by atoms with Gasteiger partial charge in [-0.15, -0.1) is 0 Å². The number of primary sulfonamides is 1. The molecule has 0 fully saturated rings. The summed E-state index contributed by atoms with van der Waals surface area (Å²) in [6.07, 6.45) is 0. The molecule has 0 spiro atoms. The van der Waals surface area contributed by atoms with E-state index < -0.39 is 15.9 Å². The molecule has 8 nitrogen and oxygen atoms in total. The molecule has 9 heteroatoms. The van der Waals surface area contributed by atoms with Crippen molar-refractivity contribution in [3.8, 4) is 17.2 Å². The highest BCUT2D eigenvalue weighted by atomic mass is 32.2. The molecule has 1 amide bonds. The van der Waals surface area contributed by atoms with Gasteiger partial charge in [0.1, 0.15) is 5.75 Å². The molecule has 1 aromatic carbocycles. The first kappa shape index (κ1) is 17.1. The van der Waals surface area contributed by atoms with E-state index in [1.165, 1.54) is 33.5 Å². The number of methoxy groups -OCH3 is 3. The Kier molecular flexibility index (Phi) is 5.79. The fourth-order valence-corrected chi connectivity index (χ4v) is 2.00. The van der Waals surface area contributed by atoms with Crippen LogP contribution in [0.2, 0.25) is 0 Å². The Bertz CT molecular complexity index is 614. The van der Waals surface area contributed by atoms with Gasteiger partial charge in [-0.25, -0.2) is 13.6 Å². The zero-order valence-corrected chi connectivity index (χ0v) is 12.8. The van der Waals surface area contributed by atoms with Gasteiger partial charge in [-0.2, -0.15) is 0 Å². The average molecular weight is 318 g/mol. The maximum Gasteiger partial charge on any atom is 0.255 e. The number of amides is 1. The third-order valence-corrected chi connectivity index (χ3v) is 3.40.